The molecule has 0 aliphatic carbocycles. The smallest absolute Gasteiger partial charge is 0.244 e. The second-order valence-electron chi connectivity index (χ2n) is 11.3. The van der Waals surface area contributed by atoms with E-state index in [9.17, 15) is 18.0 Å². The highest BCUT2D eigenvalue weighted by atomic mass is 32.2. The van der Waals surface area contributed by atoms with Crippen LogP contribution in [-0.2, 0) is 26.2 Å². The molecule has 0 unspecified atom stereocenters. The largest absolute Gasteiger partial charge is 0.345 e. The van der Waals surface area contributed by atoms with E-state index in [4.69, 9.17) is 10.1 Å². The van der Waals surface area contributed by atoms with Crippen molar-refractivity contribution in [1.82, 2.24) is 39.5 Å². The Kier molecular flexibility index (Phi) is 8.40. The number of aryl methyl sites for hydroxylation is 2. The van der Waals surface area contributed by atoms with Crippen LogP contribution in [0.5, 0.6) is 0 Å². The van der Waals surface area contributed by atoms with E-state index in [0.717, 1.165) is 22.6 Å². The summed E-state index contributed by atoms with van der Waals surface area (Å²) < 4.78 is 31.6. The van der Waals surface area contributed by atoms with E-state index in [1.165, 1.54) is 15.6 Å². The highest BCUT2D eigenvalue weighted by Crippen LogP contribution is 2.34. The SMILES string of the molecule is Cc1cc(-c2cc(S(=O)(=O)N3CCCC(=O)N4CCC[C@H]4C(=O)N[C@@H](C)c4nc(-c5ccccc5)nn4CC3)c(C)s2)n[nH]1. The second-order valence-corrected chi connectivity index (χ2v) is 14.5. The summed E-state index contributed by atoms with van der Waals surface area (Å²) in [6.45, 7) is 6.51. The van der Waals surface area contributed by atoms with E-state index in [0.29, 0.717) is 41.6 Å². The summed E-state index contributed by atoms with van der Waals surface area (Å²) in [6, 6.07) is 12.0. The number of H-pyrrole nitrogens is 1. The molecule has 3 aromatic heterocycles. The van der Waals surface area contributed by atoms with Crippen molar-refractivity contribution in [3.8, 4) is 22.0 Å². The molecule has 5 heterocycles. The maximum Gasteiger partial charge on any atom is 0.244 e. The predicted molar refractivity (Wildman–Crippen MR) is 166 cm³/mol. The molecule has 12 nitrogen and oxygen atoms in total. The molecule has 0 radical (unpaired) electrons. The first-order chi connectivity index (χ1) is 21.1. The highest BCUT2D eigenvalue weighted by Gasteiger charge is 2.36. The number of sulfonamides is 1. The van der Waals surface area contributed by atoms with Crippen molar-refractivity contribution in [1.29, 1.82) is 0 Å². The first kappa shape index (κ1) is 30.2. The summed E-state index contributed by atoms with van der Waals surface area (Å²) in [5, 5.41) is 15.0. The number of nitrogens with zero attached hydrogens (tertiary/aromatic N) is 6. The number of hydrogen-bond donors (Lipinski definition) is 2. The standard InChI is InChI=1S/C30H36N8O4S2/c1-19-17-23(34-33-19)25-18-26(21(3)43-25)44(41,42)36-13-8-12-27(39)37-14-7-11-24(37)30(40)31-20(2)29-32-28(35-38(29)16-15-36)22-9-5-4-6-10-22/h4-6,9-10,17-18,20,24H,7-8,11-16H2,1-3H3,(H,31,40)(H,33,34)/t20-,24-/m0/s1. The molecule has 0 bridgehead atoms. The van der Waals surface area contributed by atoms with Gasteiger partial charge in [0.05, 0.1) is 22.4 Å². The molecule has 232 valence electrons. The summed E-state index contributed by atoms with van der Waals surface area (Å²) >= 11 is 1.38. The van der Waals surface area contributed by atoms with Gasteiger partial charge in [0.2, 0.25) is 21.8 Å². The molecule has 44 heavy (non-hydrogen) atoms. The normalized spacial score (nSPS) is 20.7. The van der Waals surface area contributed by atoms with Gasteiger partial charge >= 0.3 is 0 Å². The molecule has 6 rings (SSSR count). The van der Waals surface area contributed by atoms with Crippen LogP contribution in [-0.4, -0.2) is 80.1 Å². The number of fused-ring (bicyclic) bond motifs is 2. The Labute approximate surface area is 260 Å². The minimum absolute atomic E-state index is 0.111. The van der Waals surface area contributed by atoms with Crippen LogP contribution < -0.4 is 5.32 Å². The van der Waals surface area contributed by atoms with Crippen LogP contribution in [0.2, 0.25) is 0 Å². The fraction of sp³-hybridized carbons (Fsp3) is 0.433. The van der Waals surface area contributed by atoms with Gasteiger partial charge in [-0.3, -0.25) is 14.7 Å². The first-order valence-corrected chi connectivity index (χ1v) is 17.1. The molecule has 2 aliphatic rings. The van der Waals surface area contributed by atoms with E-state index in [-0.39, 0.29) is 42.8 Å². The molecule has 2 amide bonds. The average molecular weight is 637 g/mol. The molecule has 4 aromatic rings. The van der Waals surface area contributed by atoms with Crippen LogP contribution in [0.1, 0.15) is 55.0 Å². The Bertz CT molecular complexity index is 1780. The minimum Gasteiger partial charge on any atom is -0.345 e. The summed E-state index contributed by atoms with van der Waals surface area (Å²) in [5.74, 6) is 0.662. The van der Waals surface area contributed by atoms with Gasteiger partial charge in [-0.25, -0.2) is 18.1 Å². The fourth-order valence-corrected chi connectivity index (χ4v) is 8.89. The molecular formula is C30H36N8O4S2. The second kappa shape index (κ2) is 12.3. The lowest BCUT2D eigenvalue weighted by Gasteiger charge is -2.27. The number of hydrogen-bond acceptors (Lipinski definition) is 8. The highest BCUT2D eigenvalue weighted by molar-refractivity contribution is 7.89. The third kappa shape index (κ3) is 5.93. The predicted octanol–water partition coefficient (Wildman–Crippen LogP) is 3.67. The molecule has 0 saturated carbocycles. The molecule has 1 saturated heterocycles. The maximum absolute atomic E-state index is 14.2. The van der Waals surface area contributed by atoms with Crippen molar-refractivity contribution >= 4 is 33.2 Å². The Morgan fingerprint density at radius 1 is 1.00 bits per heavy atom. The number of aromatic nitrogens is 5. The number of rotatable bonds is 4. The number of thiophene rings is 1. The Morgan fingerprint density at radius 3 is 2.55 bits per heavy atom. The molecule has 2 aliphatic heterocycles. The van der Waals surface area contributed by atoms with Crippen molar-refractivity contribution in [3.05, 3.63) is 58.9 Å². The van der Waals surface area contributed by atoms with Crippen LogP contribution in [0, 0.1) is 13.8 Å². The summed E-state index contributed by atoms with van der Waals surface area (Å²) in [7, 11) is -3.93. The first-order valence-electron chi connectivity index (χ1n) is 14.8. The van der Waals surface area contributed by atoms with Gasteiger partial charge in [0.25, 0.3) is 0 Å². The van der Waals surface area contributed by atoms with E-state index in [1.54, 1.807) is 22.6 Å². The van der Waals surface area contributed by atoms with Gasteiger partial charge in [-0.15, -0.1) is 11.3 Å². The molecular weight excluding hydrogens is 601 g/mol. The van der Waals surface area contributed by atoms with Crippen molar-refractivity contribution in [3.63, 3.8) is 0 Å². The van der Waals surface area contributed by atoms with Gasteiger partial charge in [-0.05, 0) is 52.2 Å². The minimum atomic E-state index is -3.93. The van der Waals surface area contributed by atoms with Crippen LogP contribution in [0.4, 0.5) is 0 Å². The number of carbonyl (C=O) groups excluding carboxylic acids is 2. The van der Waals surface area contributed by atoms with Gasteiger partial charge in [0.1, 0.15) is 17.6 Å². The molecule has 2 N–H and O–H groups in total. The molecule has 1 fully saturated rings. The van der Waals surface area contributed by atoms with Crippen LogP contribution in [0.3, 0.4) is 0 Å². The van der Waals surface area contributed by atoms with Gasteiger partial charge in [-0.2, -0.15) is 14.5 Å². The lowest BCUT2D eigenvalue weighted by atomic mass is 10.1. The topological polar surface area (TPSA) is 146 Å². The molecule has 1 aromatic carbocycles. The number of carbonyl (C=O) groups is 2. The number of nitrogens with one attached hydrogen (secondary N) is 2. The third-order valence-electron chi connectivity index (χ3n) is 8.16. The van der Waals surface area contributed by atoms with Crippen molar-refractivity contribution in [2.75, 3.05) is 19.6 Å². The van der Waals surface area contributed by atoms with E-state index < -0.39 is 22.1 Å². The molecule has 14 heteroatoms. The third-order valence-corrected chi connectivity index (χ3v) is 11.4. The van der Waals surface area contributed by atoms with E-state index in [1.807, 2.05) is 50.2 Å². The lowest BCUT2D eigenvalue weighted by Crippen LogP contribution is -2.47. The zero-order chi connectivity index (χ0) is 31.0. The van der Waals surface area contributed by atoms with E-state index >= 15 is 0 Å². The Morgan fingerprint density at radius 2 is 1.80 bits per heavy atom. The number of aromatic amines is 1. The monoisotopic (exact) mass is 636 g/mol. The molecule has 2 atom stereocenters. The zero-order valence-corrected chi connectivity index (χ0v) is 26.6. The van der Waals surface area contributed by atoms with Crippen molar-refractivity contribution in [2.45, 2.75) is 70.0 Å². The zero-order valence-electron chi connectivity index (χ0n) is 25.0. The van der Waals surface area contributed by atoms with Crippen LogP contribution >= 0.6 is 11.3 Å². The number of amides is 2. The van der Waals surface area contributed by atoms with Gasteiger partial charge in [-0.1, -0.05) is 30.3 Å². The lowest BCUT2D eigenvalue weighted by molar-refractivity contribution is -0.138. The van der Waals surface area contributed by atoms with Crippen LogP contribution in [0.15, 0.2) is 47.4 Å². The van der Waals surface area contributed by atoms with E-state index in [2.05, 4.69) is 15.5 Å². The van der Waals surface area contributed by atoms with Gasteiger partial charge in [0, 0.05) is 42.2 Å². The summed E-state index contributed by atoms with van der Waals surface area (Å²) in [4.78, 5) is 34.6. The van der Waals surface area contributed by atoms with Crippen molar-refractivity contribution in [2.24, 2.45) is 0 Å². The number of benzene rings is 1. The van der Waals surface area contributed by atoms with Gasteiger partial charge < -0.3 is 10.2 Å². The maximum atomic E-state index is 14.2. The Hall–Kier alpha value is -3.88. The summed E-state index contributed by atoms with van der Waals surface area (Å²) in [6.07, 6.45) is 1.80. The average Bonchev–Trinajstić information content (AvgIpc) is 3.81. The summed E-state index contributed by atoms with van der Waals surface area (Å²) in [5.41, 5.74) is 2.40. The van der Waals surface area contributed by atoms with Crippen molar-refractivity contribution < 1.29 is 18.0 Å². The fourth-order valence-electron chi connectivity index (χ4n) is 5.90. The molecule has 0 spiro atoms. The van der Waals surface area contributed by atoms with Gasteiger partial charge in [0.15, 0.2) is 5.82 Å². The quantitative estimate of drug-likeness (QED) is 0.348. The Balaban J connectivity index is 1.36. The van der Waals surface area contributed by atoms with Crippen LogP contribution in [0.25, 0.3) is 22.0 Å².